The largest absolute Gasteiger partial charge is 0.354 e. The summed E-state index contributed by atoms with van der Waals surface area (Å²) in [6.07, 6.45) is 0.386. The zero-order chi connectivity index (χ0) is 29.3. The van der Waals surface area contributed by atoms with Gasteiger partial charge in [-0.25, -0.2) is 8.42 Å². The SMILES string of the molecule is CCC(C(=O)NCC(C)C)N(Cc1ccccc1)C(=O)CN(c1ccc(C(C)C)cc1)S(=O)(=O)c1ccccc1. The van der Waals surface area contributed by atoms with Crippen LogP contribution in [-0.4, -0.2) is 44.3 Å². The molecule has 0 saturated carbocycles. The quantitative estimate of drug-likeness (QED) is 0.294. The summed E-state index contributed by atoms with van der Waals surface area (Å²) in [4.78, 5) is 28.9. The average molecular weight is 564 g/mol. The molecule has 1 atom stereocenters. The molecule has 0 aromatic heterocycles. The third-order valence-electron chi connectivity index (χ3n) is 6.72. The summed E-state index contributed by atoms with van der Waals surface area (Å²) in [5.74, 6) is -0.187. The number of benzene rings is 3. The molecule has 1 unspecified atom stereocenters. The van der Waals surface area contributed by atoms with Crippen LogP contribution in [0.1, 0.15) is 58.1 Å². The van der Waals surface area contributed by atoms with Gasteiger partial charge in [-0.2, -0.15) is 0 Å². The van der Waals surface area contributed by atoms with E-state index in [1.807, 2.05) is 63.2 Å². The molecule has 214 valence electrons. The number of nitrogens with zero attached hydrogens (tertiary/aromatic N) is 2. The fraction of sp³-hybridized carbons (Fsp3) is 0.375. The molecule has 0 radical (unpaired) electrons. The highest BCUT2D eigenvalue weighted by Crippen LogP contribution is 2.26. The zero-order valence-electron chi connectivity index (χ0n) is 24.1. The van der Waals surface area contributed by atoms with Gasteiger partial charge < -0.3 is 10.2 Å². The van der Waals surface area contributed by atoms with Crippen molar-refractivity contribution < 1.29 is 18.0 Å². The first-order chi connectivity index (χ1) is 19.0. The van der Waals surface area contributed by atoms with Gasteiger partial charge in [-0.15, -0.1) is 0 Å². The number of carbonyl (C=O) groups excluding carboxylic acids is 2. The minimum absolute atomic E-state index is 0.0899. The van der Waals surface area contributed by atoms with Gasteiger partial charge in [0.05, 0.1) is 10.6 Å². The van der Waals surface area contributed by atoms with E-state index in [9.17, 15) is 18.0 Å². The molecule has 0 aliphatic carbocycles. The standard InChI is InChI=1S/C32H41N3O4S/c1-6-30(32(37)33-21-24(2)3)34(22-26-13-9-7-10-14-26)31(36)23-35(28-19-17-27(18-20-28)25(4)5)40(38,39)29-15-11-8-12-16-29/h7-20,24-25,30H,6,21-23H2,1-5H3,(H,33,37). The van der Waals surface area contributed by atoms with Crippen LogP contribution < -0.4 is 9.62 Å². The van der Waals surface area contributed by atoms with E-state index < -0.39 is 28.5 Å². The van der Waals surface area contributed by atoms with Crippen LogP contribution in [0.25, 0.3) is 0 Å². The van der Waals surface area contributed by atoms with Gasteiger partial charge >= 0.3 is 0 Å². The summed E-state index contributed by atoms with van der Waals surface area (Å²) in [5.41, 5.74) is 2.30. The van der Waals surface area contributed by atoms with Gasteiger partial charge in [0.1, 0.15) is 12.6 Å². The van der Waals surface area contributed by atoms with Crippen molar-refractivity contribution in [2.75, 3.05) is 17.4 Å². The van der Waals surface area contributed by atoms with Crippen LogP contribution in [0.2, 0.25) is 0 Å². The fourth-order valence-electron chi connectivity index (χ4n) is 4.40. The van der Waals surface area contributed by atoms with Gasteiger partial charge in [0, 0.05) is 13.1 Å². The van der Waals surface area contributed by atoms with E-state index in [2.05, 4.69) is 19.2 Å². The van der Waals surface area contributed by atoms with Crippen molar-refractivity contribution >= 4 is 27.5 Å². The predicted octanol–water partition coefficient (Wildman–Crippen LogP) is 5.58. The van der Waals surface area contributed by atoms with E-state index in [1.165, 1.54) is 17.0 Å². The van der Waals surface area contributed by atoms with Crippen LogP contribution in [0.3, 0.4) is 0 Å². The maximum atomic E-state index is 14.1. The number of rotatable bonds is 13. The first-order valence-electron chi connectivity index (χ1n) is 13.8. The fourth-order valence-corrected chi connectivity index (χ4v) is 5.83. The molecule has 2 amide bonds. The zero-order valence-corrected chi connectivity index (χ0v) is 24.9. The molecule has 0 aliphatic heterocycles. The van der Waals surface area contributed by atoms with Crippen LogP contribution in [0.15, 0.2) is 89.8 Å². The van der Waals surface area contributed by atoms with Crippen LogP contribution >= 0.6 is 0 Å². The van der Waals surface area contributed by atoms with E-state index in [-0.39, 0.29) is 29.2 Å². The first-order valence-corrected chi connectivity index (χ1v) is 15.3. The highest BCUT2D eigenvalue weighted by Gasteiger charge is 2.33. The maximum Gasteiger partial charge on any atom is 0.264 e. The Bertz CT molecular complexity index is 1340. The van der Waals surface area contributed by atoms with Crippen molar-refractivity contribution in [3.63, 3.8) is 0 Å². The Balaban J connectivity index is 2.03. The summed E-state index contributed by atoms with van der Waals surface area (Å²) in [6.45, 7) is 10.2. The molecule has 0 heterocycles. The number of hydrogen-bond acceptors (Lipinski definition) is 4. The summed E-state index contributed by atoms with van der Waals surface area (Å²) < 4.78 is 28.9. The van der Waals surface area contributed by atoms with Crippen molar-refractivity contribution in [1.82, 2.24) is 10.2 Å². The molecule has 3 rings (SSSR count). The Morgan fingerprint density at radius 1 is 0.825 bits per heavy atom. The number of hydrogen-bond donors (Lipinski definition) is 1. The number of anilines is 1. The van der Waals surface area contributed by atoms with E-state index in [0.717, 1.165) is 15.4 Å². The molecular weight excluding hydrogens is 522 g/mol. The monoisotopic (exact) mass is 563 g/mol. The van der Waals surface area contributed by atoms with Gasteiger partial charge in [-0.05, 0) is 53.6 Å². The van der Waals surface area contributed by atoms with Crippen LogP contribution in [-0.2, 0) is 26.2 Å². The van der Waals surface area contributed by atoms with E-state index in [4.69, 9.17) is 0 Å². The molecule has 40 heavy (non-hydrogen) atoms. The van der Waals surface area contributed by atoms with E-state index >= 15 is 0 Å². The van der Waals surface area contributed by atoms with Crippen molar-refractivity contribution in [3.8, 4) is 0 Å². The molecule has 8 heteroatoms. The summed E-state index contributed by atoms with van der Waals surface area (Å²) in [6, 6.07) is 24.0. The third-order valence-corrected chi connectivity index (χ3v) is 8.51. The van der Waals surface area contributed by atoms with Gasteiger partial charge in [0.2, 0.25) is 11.8 Å². The van der Waals surface area contributed by atoms with Gasteiger partial charge in [0.15, 0.2) is 0 Å². The second kappa shape index (κ2) is 14.1. The molecule has 0 aliphatic rings. The molecule has 0 saturated heterocycles. The van der Waals surface area contributed by atoms with Gasteiger partial charge in [-0.3, -0.25) is 13.9 Å². The Kier molecular flexibility index (Phi) is 10.9. The molecule has 7 nitrogen and oxygen atoms in total. The second-order valence-corrected chi connectivity index (χ2v) is 12.5. The molecule has 1 N–H and O–H groups in total. The topological polar surface area (TPSA) is 86.8 Å². The highest BCUT2D eigenvalue weighted by atomic mass is 32.2. The predicted molar refractivity (Wildman–Crippen MR) is 160 cm³/mol. The molecular formula is C32H41N3O4S. The van der Waals surface area contributed by atoms with Crippen molar-refractivity contribution in [1.29, 1.82) is 0 Å². The van der Waals surface area contributed by atoms with Crippen molar-refractivity contribution in [2.24, 2.45) is 5.92 Å². The molecule has 3 aromatic rings. The third kappa shape index (κ3) is 7.94. The number of sulfonamides is 1. The van der Waals surface area contributed by atoms with Crippen LogP contribution in [0, 0.1) is 5.92 Å². The Morgan fingerprint density at radius 3 is 1.93 bits per heavy atom. The average Bonchev–Trinajstić information content (AvgIpc) is 2.95. The number of nitrogens with one attached hydrogen (secondary N) is 1. The normalized spacial score (nSPS) is 12.3. The molecule has 0 bridgehead atoms. The highest BCUT2D eigenvalue weighted by molar-refractivity contribution is 7.92. The van der Waals surface area contributed by atoms with Gasteiger partial charge in [-0.1, -0.05) is 95.3 Å². The van der Waals surface area contributed by atoms with E-state index in [0.29, 0.717) is 18.7 Å². The lowest BCUT2D eigenvalue weighted by Gasteiger charge is -2.33. The second-order valence-electron chi connectivity index (χ2n) is 10.6. The van der Waals surface area contributed by atoms with Crippen molar-refractivity contribution in [3.05, 3.63) is 96.1 Å². The lowest BCUT2D eigenvalue weighted by molar-refractivity contribution is -0.140. The lowest BCUT2D eigenvalue weighted by Crippen LogP contribution is -2.52. The maximum absolute atomic E-state index is 14.1. The first kappa shape index (κ1) is 30.9. The molecule has 0 spiro atoms. The Morgan fingerprint density at radius 2 is 1.40 bits per heavy atom. The Hall–Kier alpha value is -3.65. The van der Waals surface area contributed by atoms with Gasteiger partial charge in [0.25, 0.3) is 10.0 Å². The lowest BCUT2D eigenvalue weighted by atomic mass is 10.0. The van der Waals surface area contributed by atoms with Crippen LogP contribution in [0.5, 0.6) is 0 Å². The smallest absolute Gasteiger partial charge is 0.264 e. The molecule has 3 aromatic carbocycles. The summed E-state index contributed by atoms with van der Waals surface area (Å²) in [7, 11) is -4.08. The molecule has 0 fully saturated rings. The summed E-state index contributed by atoms with van der Waals surface area (Å²) in [5, 5.41) is 2.95. The summed E-state index contributed by atoms with van der Waals surface area (Å²) >= 11 is 0. The minimum atomic E-state index is -4.08. The number of carbonyl (C=O) groups is 2. The van der Waals surface area contributed by atoms with E-state index in [1.54, 1.807) is 30.3 Å². The minimum Gasteiger partial charge on any atom is -0.354 e. The van der Waals surface area contributed by atoms with Crippen LogP contribution in [0.4, 0.5) is 5.69 Å². The Labute approximate surface area is 239 Å². The number of amides is 2. The van der Waals surface area contributed by atoms with Crippen molar-refractivity contribution in [2.45, 2.75) is 64.4 Å².